The molecule has 0 aromatic carbocycles. The third-order valence-corrected chi connectivity index (χ3v) is 2.43. The lowest BCUT2D eigenvalue weighted by molar-refractivity contribution is -0.288. The molecule has 2 heteroatoms. The van der Waals surface area contributed by atoms with Crippen LogP contribution in [0.2, 0.25) is 0 Å². The van der Waals surface area contributed by atoms with Crippen LogP contribution in [0, 0.1) is 5.41 Å². The standard InChI is InChI=1S/C12H24O2/c1-6-12(4,5)8-7-9-13-14-10-11(2)3/h2,6-10H2,1,3-5H3. The molecule has 84 valence electrons. The maximum Gasteiger partial charge on any atom is 0.103 e. The van der Waals surface area contributed by atoms with Gasteiger partial charge in [0.25, 0.3) is 0 Å². The van der Waals surface area contributed by atoms with E-state index in [4.69, 9.17) is 9.78 Å². The van der Waals surface area contributed by atoms with Crippen molar-refractivity contribution in [1.29, 1.82) is 0 Å². The van der Waals surface area contributed by atoms with Gasteiger partial charge in [0.15, 0.2) is 0 Å². The Morgan fingerprint density at radius 2 is 1.93 bits per heavy atom. The Morgan fingerprint density at radius 1 is 1.29 bits per heavy atom. The molecule has 2 nitrogen and oxygen atoms in total. The molecule has 0 saturated heterocycles. The van der Waals surface area contributed by atoms with Crippen LogP contribution in [0.4, 0.5) is 0 Å². The highest BCUT2D eigenvalue weighted by Crippen LogP contribution is 2.25. The Kier molecular flexibility index (Phi) is 6.85. The van der Waals surface area contributed by atoms with E-state index in [-0.39, 0.29) is 0 Å². The van der Waals surface area contributed by atoms with Gasteiger partial charge in [-0.05, 0) is 25.2 Å². The van der Waals surface area contributed by atoms with Crippen LogP contribution in [0.15, 0.2) is 12.2 Å². The predicted octanol–water partition coefficient (Wildman–Crippen LogP) is 3.73. The summed E-state index contributed by atoms with van der Waals surface area (Å²) in [6.45, 7) is 13.6. The van der Waals surface area contributed by atoms with Gasteiger partial charge in [0.2, 0.25) is 0 Å². The van der Waals surface area contributed by atoms with Gasteiger partial charge in [-0.2, -0.15) is 0 Å². The van der Waals surface area contributed by atoms with Crippen LogP contribution in [0.25, 0.3) is 0 Å². The van der Waals surface area contributed by atoms with Gasteiger partial charge >= 0.3 is 0 Å². The Hall–Kier alpha value is -0.340. The van der Waals surface area contributed by atoms with E-state index < -0.39 is 0 Å². The molecule has 0 aliphatic rings. The zero-order valence-electron chi connectivity index (χ0n) is 10.1. The van der Waals surface area contributed by atoms with Gasteiger partial charge in [-0.1, -0.05) is 39.3 Å². The predicted molar refractivity (Wildman–Crippen MR) is 60.0 cm³/mol. The quantitative estimate of drug-likeness (QED) is 0.257. The van der Waals surface area contributed by atoms with Crippen molar-refractivity contribution in [2.75, 3.05) is 13.2 Å². The first-order chi connectivity index (χ1) is 6.48. The minimum atomic E-state index is 0.428. The summed E-state index contributed by atoms with van der Waals surface area (Å²) in [5.74, 6) is 0. The molecule has 0 rings (SSSR count). The second-order valence-corrected chi connectivity index (χ2v) is 4.66. The second-order valence-electron chi connectivity index (χ2n) is 4.66. The first-order valence-corrected chi connectivity index (χ1v) is 5.37. The van der Waals surface area contributed by atoms with Crippen LogP contribution >= 0.6 is 0 Å². The van der Waals surface area contributed by atoms with E-state index in [1.54, 1.807) is 0 Å². The largest absolute Gasteiger partial charge is 0.236 e. The summed E-state index contributed by atoms with van der Waals surface area (Å²) >= 11 is 0. The summed E-state index contributed by atoms with van der Waals surface area (Å²) in [4.78, 5) is 9.97. The van der Waals surface area contributed by atoms with Crippen molar-refractivity contribution in [1.82, 2.24) is 0 Å². The van der Waals surface area contributed by atoms with E-state index in [0.29, 0.717) is 18.6 Å². The molecule has 0 bridgehead atoms. The molecule has 0 spiro atoms. The van der Waals surface area contributed by atoms with Crippen LogP contribution in [-0.4, -0.2) is 13.2 Å². The molecular weight excluding hydrogens is 176 g/mol. The van der Waals surface area contributed by atoms with E-state index in [2.05, 4.69) is 27.4 Å². The summed E-state index contributed by atoms with van der Waals surface area (Å²) in [7, 11) is 0. The van der Waals surface area contributed by atoms with Gasteiger partial charge in [-0.25, -0.2) is 9.78 Å². The number of hydrogen-bond donors (Lipinski definition) is 0. The van der Waals surface area contributed by atoms with Crippen molar-refractivity contribution in [3.63, 3.8) is 0 Å². The third-order valence-electron chi connectivity index (χ3n) is 2.43. The van der Waals surface area contributed by atoms with Gasteiger partial charge in [-0.15, -0.1) is 0 Å². The van der Waals surface area contributed by atoms with Crippen LogP contribution in [0.5, 0.6) is 0 Å². The zero-order valence-corrected chi connectivity index (χ0v) is 10.1. The summed E-state index contributed by atoms with van der Waals surface area (Å²) < 4.78 is 0. The van der Waals surface area contributed by atoms with Crippen LogP contribution in [0.3, 0.4) is 0 Å². The molecule has 0 fully saturated rings. The van der Waals surface area contributed by atoms with Crippen molar-refractivity contribution in [2.24, 2.45) is 5.41 Å². The van der Waals surface area contributed by atoms with Gasteiger partial charge < -0.3 is 0 Å². The van der Waals surface area contributed by atoms with E-state index in [0.717, 1.165) is 12.0 Å². The van der Waals surface area contributed by atoms with Crippen LogP contribution in [0.1, 0.15) is 47.0 Å². The van der Waals surface area contributed by atoms with E-state index in [9.17, 15) is 0 Å². The maximum absolute atomic E-state index is 5.02. The van der Waals surface area contributed by atoms with Gasteiger partial charge in [0, 0.05) is 0 Å². The first kappa shape index (κ1) is 13.7. The fraction of sp³-hybridized carbons (Fsp3) is 0.833. The van der Waals surface area contributed by atoms with Crippen molar-refractivity contribution in [3.8, 4) is 0 Å². The lowest BCUT2D eigenvalue weighted by Gasteiger charge is -2.21. The molecule has 14 heavy (non-hydrogen) atoms. The summed E-state index contributed by atoms with van der Waals surface area (Å²) in [6.07, 6.45) is 3.44. The molecule has 0 aliphatic carbocycles. The van der Waals surface area contributed by atoms with Gasteiger partial charge in [0.05, 0.1) is 6.61 Å². The molecule has 0 saturated carbocycles. The summed E-state index contributed by atoms with van der Waals surface area (Å²) in [5, 5.41) is 0. The summed E-state index contributed by atoms with van der Waals surface area (Å²) in [6, 6.07) is 0. The highest BCUT2D eigenvalue weighted by atomic mass is 17.2. The van der Waals surface area contributed by atoms with Crippen molar-refractivity contribution < 1.29 is 9.78 Å². The molecule has 0 N–H and O–H groups in total. The Morgan fingerprint density at radius 3 is 2.43 bits per heavy atom. The highest BCUT2D eigenvalue weighted by Gasteiger charge is 2.13. The summed E-state index contributed by atoms with van der Waals surface area (Å²) in [5.41, 5.74) is 1.41. The Balaban J connectivity index is 3.25. The third kappa shape index (κ3) is 8.27. The average molecular weight is 200 g/mol. The highest BCUT2D eigenvalue weighted by molar-refractivity contribution is 4.86. The number of rotatable bonds is 8. The van der Waals surface area contributed by atoms with Gasteiger partial charge in [-0.3, -0.25) is 0 Å². The average Bonchev–Trinajstić information content (AvgIpc) is 2.10. The lowest BCUT2D eigenvalue weighted by atomic mass is 9.85. The van der Waals surface area contributed by atoms with Crippen molar-refractivity contribution in [3.05, 3.63) is 12.2 Å². The van der Waals surface area contributed by atoms with Crippen LogP contribution < -0.4 is 0 Å². The topological polar surface area (TPSA) is 18.5 Å². The van der Waals surface area contributed by atoms with Crippen molar-refractivity contribution in [2.45, 2.75) is 47.0 Å². The SMILES string of the molecule is C=C(C)COOCCCC(C)(C)CC. The van der Waals surface area contributed by atoms with Gasteiger partial charge in [0.1, 0.15) is 6.61 Å². The lowest BCUT2D eigenvalue weighted by Crippen LogP contribution is -2.11. The van der Waals surface area contributed by atoms with E-state index in [1.165, 1.54) is 12.8 Å². The van der Waals surface area contributed by atoms with Crippen molar-refractivity contribution >= 4 is 0 Å². The molecule has 0 aromatic rings. The molecule has 0 aromatic heterocycles. The molecule has 0 amide bonds. The molecule has 0 unspecified atom stereocenters. The minimum absolute atomic E-state index is 0.428. The normalized spacial score (nSPS) is 11.7. The fourth-order valence-electron chi connectivity index (χ4n) is 0.988. The first-order valence-electron chi connectivity index (χ1n) is 5.37. The molecule has 0 atom stereocenters. The second kappa shape index (κ2) is 7.02. The Labute approximate surface area is 88.2 Å². The fourth-order valence-corrected chi connectivity index (χ4v) is 0.988. The monoisotopic (exact) mass is 200 g/mol. The smallest absolute Gasteiger partial charge is 0.103 e. The molecular formula is C12H24O2. The number of hydrogen-bond acceptors (Lipinski definition) is 2. The Bertz CT molecular complexity index is 162. The van der Waals surface area contributed by atoms with Crippen LogP contribution in [-0.2, 0) is 9.78 Å². The zero-order chi connectivity index (χ0) is 11.0. The van der Waals surface area contributed by atoms with E-state index >= 15 is 0 Å². The maximum atomic E-state index is 5.02. The molecule has 0 radical (unpaired) electrons. The van der Waals surface area contributed by atoms with E-state index in [1.807, 2.05) is 6.92 Å². The minimum Gasteiger partial charge on any atom is -0.236 e. The molecule has 0 heterocycles. The molecule has 0 aliphatic heterocycles.